The van der Waals surface area contributed by atoms with Crippen LogP contribution in [-0.4, -0.2) is 43.2 Å². The van der Waals surface area contributed by atoms with Crippen molar-refractivity contribution in [3.63, 3.8) is 0 Å². The first kappa shape index (κ1) is 12.1. The number of aromatic nitrogens is 3. The molecule has 1 heterocycles. The molecule has 88 valence electrons. The molecule has 4 N–H and O–H groups in total. The number of carboxylic acids is 2. The molecule has 0 amide bonds. The fourth-order valence-corrected chi connectivity index (χ4v) is 1.06. The van der Waals surface area contributed by atoms with E-state index in [4.69, 9.17) is 15.9 Å². The molecule has 0 aliphatic carbocycles. The summed E-state index contributed by atoms with van der Waals surface area (Å²) < 4.78 is 1.35. The molecule has 1 atom stereocenters. The SMILES string of the molecule is NC(Cc1cn(CCC(=O)O)nn1)C(=O)O. The molecular formula is C8H12N4O4. The highest BCUT2D eigenvalue weighted by Gasteiger charge is 2.14. The van der Waals surface area contributed by atoms with Gasteiger partial charge in [0.1, 0.15) is 6.04 Å². The van der Waals surface area contributed by atoms with Gasteiger partial charge in [-0.1, -0.05) is 5.21 Å². The first-order valence-corrected chi connectivity index (χ1v) is 4.58. The highest BCUT2D eigenvalue weighted by molar-refractivity contribution is 5.73. The van der Waals surface area contributed by atoms with E-state index in [2.05, 4.69) is 10.3 Å². The van der Waals surface area contributed by atoms with Crippen molar-refractivity contribution in [3.8, 4) is 0 Å². The average Bonchev–Trinajstić information content (AvgIpc) is 2.62. The predicted octanol–water partition coefficient (Wildman–Crippen LogP) is -1.29. The summed E-state index contributed by atoms with van der Waals surface area (Å²) in [5.74, 6) is -2.04. The number of carbonyl (C=O) groups is 2. The molecule has 1 aromatic rings. The van der Waals surface area contributed by atoms with Crippen LogP contribution in [0.1, 0.15) is 12.1 Å². The fraction of sp³-hybridized carbons (Fsp3) is 0.500. The molecule has 0 radical (unpaired) electrons. The summed E-state index contributed by atoms with van der Waals surface area (Å²) in [7, 11) is 0. The van der Waals surface area contributed by atoms with Gasteiger partial charge in [-0.3, -0.25) is 14.3 Å². The zero-order valence-electron chi connectivity index (χ0n) is 8.41. The number of rotatable bonds is 6. The number of aryl methyl sites for hydroxylation is 1. The Labute approximate surface area is 90.7 Å². The molecule has 0 bridgehead atoms. The molecule has 1 aromatic heterocycles. The molecule has 0 saturated carbocycles. The van der Waals surface area contributed by atoms with Crippen molar-refractivity contribution < 1.29 is 19.8 Å². The maximum absolute atomic E-state index is 10.5. The maximum atomic E-state index is 10.5. The molecule has 0 aromatic carbocycles. The summed E-state index contributed by atoms with van der Waals surface area (Å²) in [4.78, 5) is 20.8. The molecule has 0 saturated heterocycles. The van der Waals surface area contributed by atoms with Crippen molar-refractivity contribution in [2.75, 3.05) is 0 Å². The van der Waals surface area contributed by atoms with Gasteiger partial charge >= 0.3 is 11.9 Å². The van der Waals surface area contributed by atoms with Crippen LogP contribution in [0.4, 0.5) is 0 Å². The minimum absolute atomic E-state index is 0.0617. The van der Waals surface area contributed by atoms with Crippen LogP contribution in [0.5, 0.6) is 0 Å². The second-order valence-corrected chi connectivity index (χ2v) is 3.27. The highest BCUT2D eigenvalue weighted by atomic mass is 16.4. The van der Waals surface area contributed by atoms with Crippen molar-refractivity contribution in [2.45, 2.75) is 25.4 Å². The Hall–Kier alpha value is -1.96. The van der Waals surface area contributed by atoms with Crippen LogP contribution in [0.15, 0.2) is 6.20 Å². The number of hydrogen-bond donors (Lipinski definition) is 3. The summed E-state index contributed by atoms with van der Waals surface area (Å²) >= 11 is 0. The lowest BCUT2D eigenvalue weighted by molar-refractivity contribution is -0.139. The van der Waals surface area contributed by atoms with Crippen LogP contribution in [0.25, 0.3) is 0 Å². The quantitative estimate of drug-likeness (QED) is 0.551. The number of nitrogens with two attached hydrogens (primary N) is 1. The Bertz CT molecular complexity index is 389. The monoisotopic (exact) mass is 228 g/mol. The molecule has 0 aliphatic rings. The molecule has 0 fully saturated rings. The van der Waals surface area contributed by atoms with Crippen molar-refractivity contribution in [1.29, 1.82) is 0 Å². The van der Waals surface area contributed by atoms with Gasteiger partial charge in [-0.25, -0.2) is 0 Å². The van der Waals surface area contributed by atoms with Crippen molar-refractivity contribution in [3.05, 3.63) is 11.9 Å². The second kappa shape index (κ2) is 5.21. The fourth-order valence-electron chi connectivity index (χ4n) is 1.06. The largest absolute Gasteiger partial charge is 0.481 e. The van der Waals surface area contributed by atoms with Gasteiger partial charge in [0.15, 0.2) is 0 Å². The van der Waals surface area contributed by atoms with Gasteiger partial charge in [0.25, 0.3) is 0 Å². The van der Waals surface area contributed by atoms with Crippen molar-refractivity contribution in [2.24, 2.45) is 5.73 Å². The van der Waals surface area contributed by atoms with E-state index in [1.165, 1.54) is 10.9 Å². The Morgan fingerprint density at radius 1 is 1.50 bits per heavy atom. The van der Waals surface area contributed by atoms with E-state index < -0.39 is 18.0 Å². The molecular weight excluding hydrogens is 216 g/mol. The summed E-state index contributed by atoms with van der Waals surface area (Å²) in [5, 5.41) is 24.4. The van der Waals surface area contributed by atoms with Gasteiger partial charge in [0.05, 0.1) is 18.7 Å². The van der Waals surface area contributed by atoms with E-state index in [1.807, 2.05) is 0 Å². The van der Waals surface area contributed by atoms with E-state index in [9.17, 15) is 9.59 Å². The third-order valence-corrected chi connectivity index (χ3v) is 1.89. The molecule has 8 heteroatoms. The van der Waals surface area contributed by atoms with Crippen LogP contribution in [0, 0.1) is 0 Å². The number of aliphatic carboxylic acids is 2. The topological polar surface area (TPSA) is 131 Å². The number of carboxylic acid groups (broad SMARTS) is 2. The summed E-state index contributed by atoms with van der Waals surface area (Å²) in [6.45, 7) is 0.199. The van der Waals surface area contributed by atoms with Gasteiger partial charge in [-0.2, -0.15) is 0 Å². The Morgan fingerprint density at radius 3 is 2.75 bits per heavy atom. The molecule has 0 spiro atoms. The highest BCUT2D eigenvalue weighted by Crippen LogP contribution is 1.98. The van der Waals surface area contributed by atoms with Gasteiger partial charge in [-0.05, 0) is 0 Å². The minimum Gasteiger partial charge on any atom is -0.481 e. The molecule has 16 heavy (non-hydrogen) atoms. The Kier molecular flexibility index (Phi) is 3.95. The standard InChI is InChI=1S/C8H12N4O4/c9-6(8(15)16)3-5-4-12(11-10-5)2-1-7(13)14/h4,6H,1-3,9H2,(H,13,14)(H,15,16). The lowest BCUT2D eigenvalue weighted by Gasteiger charge is -2.01. The van der Waals surface area contributed by atoms with Crippen LogP contribution >= 0.6 is 0 Å². The van der Waals surface area contributed by atoms with Crippen LogP contribution < -0.4 is 5.73 Å². The van der Waals surface area contributed by atoms with Crippen molar-refractivity contribution >= 4 is 11.9 Å². The van der Waals surface area contributed by atoms with Gasteiger partial charge in [0, 0.05) is 12.6 Å². The third kappa shape index (κ3) is 3.65. The van der Waals surface area contributed by atoms with E-state index in [0.717, 1.165) is 0 Å². The van der Waals surface area contributed by atoms with Crippen LogP contribution in [0.3, 0.4) is 0 Å². The summed E-state index contributed by atoms with van der Waals surface area (Å²) in [6, 6.07) is -1.02. The second-order valence-electron chi connectivity index (χ2n) is 3.27. The van der Waals surface area contributed by atoms with Crippen LogP contribution in [-0.2, 0) is 22.6 Å². The van der Waals surface area contributed by atoms with Crippen LogP contribution in [0.2, 0.25) is 0 Å². The molecule has 1 unspecified atom stereocenters. The Morgan fingerprint density at radius 2 is 2.19 bits per heavy atom. The molecule has 0 aliphatic heterocycles. The van der Waals surface area contributed by atoms with E-state index in [-0.39, 0.29) is 19.4 Å². The first-order chi connectivity index (χ1) is 7.49. The lowest BCUT2D eigenvalue weighted by Crippen LogP contribution is -2.32. The van der Waals surface area contributed by atoms with E-state index in [0.29, 0.717) is 5.69 Å². The molecule has 8 nitrogen and oxygen atoms in total. The van der Waals surface area contributed by atoms with E-state index in [1.54, 1.807) is 0 Å². The van der Waals surface area contributed by atoms with Gasteiger partial charge < -0.3 is 15.9 Å². The first-order valence-electron chi connectivity index (χ1n) is 4.58. The zero-order chi connectivity index (χ0) is 12.1. The average molecular weight is 228 g/mol. The normalized spacial score (nSPS) is 12.3. The predicted molar refractivity (Wildman–Crippen MR) is 51.6 cm³/mol. The lowest BCUT2D eigenvalue weighted by atomic mass is 10.2. The van der Waals surface area contributed by atoms with E-state index >= 15 is 0 Å². The molecule has 1 rings (SSSR count). The Balaban J connectivity index is 2.51. The van der Waals surface area contributed by atoms with Gasteiger partial charge in [-0.15, -0.1) is 5.10 Å². The minimum atomic E-state index is -1.11. The summed E-state index contributed by atoms with van der Waals surface area (Å²) in [6.07, 6.45) is 1.50. The maximum Gasteiger partial charge on any atom is 0.320 e. The number of nitrogens with zero attached hydrogens (tertiary/aromatic N) is 3. The zero-order valence-corrected chi connectivity index (χ0v) is 8.41. The number of hydrogen-bond acceptors (Lipinski definition) is 5. The third-order valence-electron chi connectivity index (χ3n) is 1.89. The van der Waals surface area contributed by atoms with Gasteiger partial charge in [0.2, 0.25) is 0 Å². The smallest absolute Gasteiger partial charge is 0.320 e. The summed E-state index contributed by atoms with van der Waals surface area (Å²) in [5.41, 5.74) is 5.74. The van der Waals surface area contributed by atoms with Crippen molar-refractivity contribution in [1.82, 2.24) is 15.0 Å².